The number of aromatic nitrogens is 2. The van der Waals surface area contributed by atoms with Crippen LogP contribution >= 0.6 is 11.6 Å². The number of hydrogen-bond donors (Lipinski definition) is 1. The highest BCUT2D eigenvalue weighted by molar-refractivity contribution is 6.32. The predicted octanol–water partition coefficient (Wildman–Crippen LogP) is 3.03. The fraction of sp³-hybridized carbons (Fsp3) is 0.357. The van der Waals surface area contributed by atoms with Crippen LogP contribution < -0.4 is 10.5 Å². The molecule has 2 N–H and O–H groups in total. The number of aryl methyl sites for hydroxylation is 1. The maximum absolute atomic E-state index is 6.16. The summed E-state index contributed by atoms with van der Waals surface area (Å²) in [4.78, 5) is 3.99. The second-order valence-corrected chi connectivity index (χ2v) is 4.89. The van der Waals surface area contributed by atoms with Gasteiger partial charge >= 0.3 is 0 Å². The fourth-order valence-corrected chi connectivity index (χ4v) is 2.01. The van der Waals surface area contributed by atoms with Crippen molar-refractivity contribution < 1.29 is 4.74 Å². The first-order valence-corrected chi connectivity index (χ1v) is 6.68. The van der Waals surface area contributed by atoms with Gasteiger partial charge in [0.15, 0.2) is 0 Å². The van der Waals surface area contributed by atoms with Crippen LogP contribution in [0.1, 0.15) is 24.9 Å². The molecule has 2 aromatic rings. The lowest BCUT2D eigenvalue weighted by Crippen LogP contribution is -2.06. The van der Waals surface area contributed by atoms with Crippen molar-refractivity contribution in [3.63, 3.8) is 0 Å². The van der Waals surface area contributed by atoms with Gasteiger partial charge in [-0.1, -0.05) is 17.7 Å². The van der Waals surface area contributed by atoms with Crippen molar-refractivity contribution in [3.8, 4) is 5.75 Å². The Balaban J connectivity index is 1.82. The lowest BCUT2D eigenvalue weighted by atomic mass is 10.1. The molecule has 5 heteroatoms. The van der Waals surface area contributed by atoms with Crippen LogP contribution in [0.15, 0.2) is 36.9 Å². The maximum atomic E-state index is 6.16. The first kappa shape index (κ1) is 13.9. The van der Waals surface area contributed by atoms with Gasteiger partial charge in [-0.25, -0.2) is 4.98 Å². The zero-order chi connectivity index (χ0) is 13.7. The molecule has 0 bridgehead atoms. The van der Waals surface area contributed by atoms with Gasteiger partial charge in [-0.3, -0.25) is 0 Å². The Morgan fingerprint density at radius 3 is 2.95 bits per heavy atom. The van der Waals surface area contributed by atoms with Crippen LogP contribution in [0.25, 0.3) is 0 Å². The molecule has 2 rings (SSSR count). The lowest BCUT2D eigenvalue weighted by molar-refractivity contribution is 0.302. The number of rotatable bonds is 6. The highest BCUT2D eigenvalue weighted by Gasteiger charge is 2.05. The number of hydrogen-bond acceptors (Lipinski definition) is 3. The van der Waals surface area contributed by atoms with E-state index in [0.29, 0.717) is 17.4 Å². The molecule has 0 radical (unpaired) electrons. The van der Waals surface area contributed by atoms with Crippen LogP contribution in [0.2, 0.25) is 5.02 Å². The molecule has 0 fully saturated rings. The molecule has 0 aliphatic heterocycles. The second kappa shape index (κ2) is 6.59. The van der Waals surface area contributed by atoms with Gasteiger partial charge in [0.2, 0.25) is 0 Å². The first-order chi connectivity index (χ1) is 9.16. The van der Waals surface area contributed by atoms with E-state index in [2.05, 4.69) is 4.98 Å². The normalized spacial score (nSPS) is 12.4. The van der Waals surface area contributed by atoms with Crippen molar-refractivity contribution in [1.82, 2.24) is 9.55 Å². The van der Waals surface area contributed by atoms with Crippen LogP contribution in [0.4, 0.5) is 0 Å². The number of ether oxygens (including phenoxy) is 1. The molecule has 0 amide bonds. The van der Waals surface area contributed by atoms with E-state index in [1.54, 1.807) is 12.5 Å². The van der Waals surface area contributed by atoms with Gasteiger partial charge < -0.3 is 15.0 Å². The summed E-state index contributed by atoms with van der Waals surface area (Å²) in [6.45, 7) is 3.43. The van der Waals surface area contributed by atoms with E-state index in [9.17, 15) is 0 Å². The van der Waals surface area contributed by atoms with Gasteiger partial charge in [-0.2, -0.15) is 0 Å². The van der Waals surface area contributed by atoms with Crippen LogP contribution in [-0.2, 0) is 6.54 Å². The topological polar surface area (TPSA) is 53.1 Å². The zero-order valence-electron chi connectivity index (χ0n) is 10.9. The van der Waals surface area contributed by atoms with E-state index in [1.165, 1.54) is 0 Å². The number of halogens is 1. The summed E-state index contributed by atoms with van der Waals surface area (Å²) in [6, 6.07) is 5.66. The van der Waals surface area contributed by atoms with Crippen LogP contribution in [0, 0.1) is 0 Å². The molecule has 1 aromatic carbocycles. The summed E-state index contributed by atoms with van der Waals surface area (Å²) >= 11 is 6.16. The van der Waals surface area contributed by atoms with Crippen LogP contribution in [-0.4, -0.2) is 16.2 Å². The molecule has 4 nitrogen and oxygen atoms in total. The average molecular weight is 280 g/mol. The van der Waals surface area contributed by atoms with Gasteiger partial charge in [0.05, 0.1) is 18.0 Å². The van der Waals surface area contributed by atoms with E-state index in [0.717, 1.165) is 18.5 Å². The lowest BCUT2D eigenvalue weighted by Gasteiger charge is -2.11. The van der Waals surface area contributed by atoms with E-state index < -0.39 is 0 Å². The fourth-order valence-electron chi connectivity index (χ4n) is 1.77. The van der Waals surface area contributed by atoms with E-state index in [-0.39, 0.29) is 6.04 Å². The summed E-state index contributed by atoms with van der Waals surface area (Å²) < 4.78 is 7.68. The van der Waals surface area contributed by atoms with Gasteiger partial charge in [0.25, 0.3) is 0 Å². The maximum Gasteiger partial charge on any atom is 0.137 e. The molecule has 102 valence electrons. The number of benzene rings is 1. The van der Waals surface area contributed by atoms with Gasteiger partial charge in [0.1, 0.15) is 5.75 Å². The number of nitrogens with two attached hydrogens (primary N) is 1. The Bertz CT molecular complexity index is 511. The molecule has 0 spiro atoms. The highest BCUT2D eigenvalue weighted by atomic mass is 35.5. The molecule has 19 heavy (non-hydrogen) atoms. The molecule has 0 aliphatic rings. The Morgan fingerprint density at radius 2 is 2.32 bits per heavy atom. The van der Waals surface area contributed by atoms with Crippen molar-refractivity contribution in [3.05, 3.63) is 47.5 Å². The summed E-state index contributed by atoms with van der Waals surface area (Å²) in [5.41, 5.74) is 6.81. The van der Waals surface area contributed by atoms with E-state index in [1.807, 2.05) is 35.9 Å². The standard InChI is InChI=1S/C14H18ClN3O/c1-11(16)12-3-4-14(13(15)9-12)19-8-2-6-18-7-5-17-10-18/h3-5,7,9-11H,2,6,8,16H2,1H3/t11-/m1/s1. The summed E-state index contributed by atoms with van der Waals surface area (Å²) in [6.07, 6.45) is 6.40. The molecule has 1 aromatic heterocycles. The number of nitrogens with zero attached hydrogens (tertiary/aromatic N) is 2. The van der Waals surface area contributed by atoms with Crippen molar-refractivity contribution in [1.29, 1.82) is 0 Å². The molecular weight excluding hydrogens is 262 g/mol. The smallest absolute Gasteiger partial charge is 0.137 e. The third-order valence-electron chi connectivity index (χ3n) is 2.86. The Labute approximate surface area is 118 Å². The Kier molecular flexibility index (Phi) is 4.82. The zero-order valence-corrected chi connectivity index (χ0v) is 11.7. The third kappa shape index (κ3) is 3.98. The molecule has 0 unspecified atom stereocenters. The highest BCUT2D eigenvalue weighted by Crippen LogP contribution is 2.27. The summed E-state index contributed by atoms with van der Waals surface area (Å²) in [5, 5.41) is 0.609. The van der Waals surface area contributed by atoms with Gasteiger partial charge in [-0.15, -0.1) is 0 Å². The minimum atomic E-state index is -0.0206. The van der Waals surface area contributed by atoms with Crippen molar-refractivity contribution >= 4 is 11.6 Å². The summed E-state index contributed by atoms with van der Waals surface area (Å²) in [7, 11) is 0. The first-order valence-electron chi connectivity index (χ1n) is 6.30. The Hall–Kier alpha value is -1.52. The molecule has 0 saturated carbocycles. The van der Waals surface area contributed by atoms with Crippen molar-refractivity contribution in [2.75, 3.05) is 6.61 Å². The molecule has 0 aliphatic carbocycles. The minimum Gasteiger partial charge on any atom is -0.492 e. The van der Waals surface area contributed by atoms with Crippen LogP contribution in [0.3, 0.4) is 0 Å². The van der Waals surface area contributed by atoms with E-state index >= 15 is 0 Å². The van der Waals surface area contributed by atoms with Gasteiger partial charge in [0, 0.05) is 25.0 Å². The minimum absolute atomic E-state index is 0.0206. The van der Waals surface area contributed by atoms with E-state index in [4.69, 9.17) is 22.1 Å². The monoisotopic (exact) mass is 279 g/mol. The largest absolute Gasteiger partial charge is 0.492 e. The molecule has 1 atom stereocenters. The average Bonchev–Trinajstić information content (AvgIpc) is 2.89. The predicted molar refractivity (Wildman–Crippen MR) is 76.4 cm³/mol. The van der Waals surface area contributed by atoms with Gasteiger partial charge in [-0.05, 0) is 31.0 Å². The molecule has 0 saturated heterocycles. The molecular formula is C14H18ClN3O. The number of imidazole rings is 1. The quantitative estimate of drug-likeness (QED) is 0.827. The third-order valence-corrected chi connectivity index (χ3v) is 3.15. The second-order valence-electron chi connectivity index (χ2n) is 4.48. The SMILES string of the molecule is C[C@@H](N)c1ccc(OCCCn2ccnc2)c(Cl)c1. The van der Waals surface area contributed by atoms with Crippen molar-refractivity contribution in [2.45, 2.75) is 25.9 Å². The summed E-state index contributed by atoms with van der Waals surface area (Å²) in [5.74, 6) is 0.705. The molecule has 1 heterocycles. The van der Waals surface area contributed by atoms with Crippen LogP contribution in [0.5, 0.6) is 5.75 Å². The van der Waals surface area contributed by atoms with Crippen molar-refractivity contribution in [2.24, 2.45) is 5.73 Å². The Morgan fingerprint density at radius 1 is 1.47 bits per heavy atom.